The van der Waals surface area contributed by atoms with Crippen molar-refractivity contribution in [3.63, 3.8) is 0 Å². The zero-order chi connectivity index (χ0) is 16.3. The van der Waals surface area contributed by atoms with Crippen molar-refractivity contribution in [3.05, 3.63) is 34.9 Å². The van der Waals surface area contributed by atoms with Crippen molar-refractivity contribution in [1.82, 2.24) is 5.32 Å². The van der Waals surface area contributed by atoms with Crippen LogP contribution in [-0.2, 0) is 14.9 Å². The van der Waals surface area contributed by atoms with Crippen molar-refractivity contribution < 1.29 is 14.6 Å². The summed E-state index contributed by atoms with van der Waals surface area (Å²) >= 11 is 5.99. The van der Waals surface area contributed by atoms with Gasteiger partial charge in [-0.2, -0.15) is 0 Å². The van der Waals surface area contributed by atoms with Crippen LogP contribution in [0.15, 0.2) is 24.3 Å². The first-order valence-electron chi connectivity index (χ1n) is 8.42. The third kappa shape index (κ3) is 3.54. The SMILES string of the molecule is O=C(NCC1CCCC1O)C1(c2ccc(Cl)cc2)CCOCC1. The van der Waals surface area contributed by atoms with Gasteiger partial charge in [0.05, 0.1) is 11.5 Å². The number of nitrogens with one attached hydrogen (secondary N) is 1. The molecule has 2 atom stereocenters. The molecule has 4 nitrogen and oxygen atoms in total. The third-order valence-corrected chi connectivity index (χ3v) is 5.57. The van der Waals surface area contributed by atoms with Crippen LogP contribution in [0.2, 0.25) is 5.02 Å². The normalized spacial score (nSPS) is 26.9. The average molecular weight is 338 g/mol. The molecule has 2 unspecified atom stereocenters. The van der Waals surface area contributed by atoms with Gasteiger partial charge in [0.2, 0.25) is 5.91 Å². The Morgan fingerprint density at radius 2 is 1.96 bits per heavy atom. The highest BCUT2D eigenvalue weighted by Crippen LogP contribution is 2.36. The Bertz CT molecular complexity index is 540. The van der Waals surface area contributed by atoms with E-state index in [-0.39, 0.29) is 17.9 Å². The summed E-state index contributed by atoms with van der Waals surface area (Å²) in [4.78, 5) is 13.0. The van der Waals surface area contributed by atoms with Crippen LogP contribution >= 0.6 is 11.6 Å². The number of halogens is 1. The van der Waals surface area contributed by atoms with Crippen LogP contribution in [0.4, 0.5) is 0 Å². The molecular weight excluding hydrogens is 314 g/mol. The van der Waals surface area contributed by atoms with Gasteiger partial charge < -0.3 is 15.2 Å². The van der Waals surface area contributed by atoms with Crippen LogP contribution in [0.5, 0.6) is 0 Å². The van der Waals surface area contributed by atoms with E-state index in [2.05, 4.69) is 5.32 Å². The summed E-state index contributed by atoms with van der Waals surface area (Å²) in [5.41, 5.74) is 0.446. The minimum atomic E-state index is -0.549. The van der Waals surface area contributed by atoms with Gasteiger partial charge in [-0.05, 0) is 43.4 Å². The van der Waals surface area contributed by atoms with E-state index in [4.69, 9.17) is 16.3 Å². The molecule has 1 heterocycles. The Morgan fingerprint density at radius 1 is 1.26 bits per heavy atom. The number of amides is 1. The second-order valence-corrected chi connectivity index (χ2v) is 7.11. The van der Waals surface area contributed by atoms with E-state index in [0.29, 0.717) is 37.6 Å². The number of hydrogen-bond acceptors (Lipinski definition) is 3. The molecule has 2 N–H and O–H groups in total. The predicted molar refractivity (Wildman–Crippen MR) is 89.5 cm³/mol. The number of hydrogen-bond donors (Lipinski definition) is 2. The molecule has 0 spiro atoms. The summed E-state index contributed by atoms with van der Waals surface area (Å²) in [6.07, 6.45) is 3.94. The van der Waals surface area contributed by atoms with Gasteiger partial charge in [-0.25, -0.2) is 0 Å². The van der Waals surface area contributed by atoms with Gasteiger partial charge in [-0.3, -0.25) is 4.79 Å². The van der Waals surface area contributed by atoms with Crippen LogP contribution in [0.3, 0.4) is 0 Å². The van der Waals surface area contributed by atoms with Crippen LogP contribution in [0.1, 0.15) is 37.7 Å². The smallest absolute Gasteiger partial charge is 0.230 e. The third-order valence-electron chi connectivity index (χ3n) is 5.32. The van der Waals surface area contributed by atoms with E-state index < -0.39 is 5.41 Å². The average Bonchev–Trinajstić information content (AvgIpc) is 2.99. The number of rotatable bonds is 4. The summed E-state index contributed by atoms with van der Waals surface area (Å²) in [7, 11) is 0. The minimum Gasteiger partial charge on any atom is -0.393 e. The fourth-order valence-corrected chi connectivity index (χ4v) is 3.91. The monoisotopic (exact) mass is 337 g/mol. The van der Waals surface area contributed by atoms with E-state index >= 15 is 0 Å². The number of aliphatic hydroxyl groups is 1. The standard InChI is InChI=1S/C18H24ClNO3/c19-15-6-4-14(5-7-15)18(8-10-23-11-9-18)17(22)20-12-13-2-1-3-16(13)21/h4-7,13,16,21H,1-3,8-12H2,(H,20,22). The molecule has 0 bridgehead atoms. The number of carbonyl (C=O) groups is 1. The fourth-order valence-electron chi connectivity index (χ4n) is 3.78. The van der Waals surface area contributed by atoms with Gasteiger partial charge in [0.15, 0.2) is 0 Å². The van der Waals surface area contributed by atoms with Crippen LogP contribution in [0.25, 0.3) is 0 Å². The summed E-state index contributed by atoms with van der Waals surface area (Å²) in [5, 5.41) is 13.7. The molecule has 1 saturated carbocycles. The molecule has 2 aliphatic rings. The second-order valence-electron chi connectivity index (χ2n) is 6.67. The Labute approximate surface area is 142 Å². The molecule has 3 rings (SSSR count). The fraction of sp³-hybridized carbons (Fsp3) is 0.611. The highest BCUT2D eigenvalue weighted by molar-refractivity contribution is 6.30. The van der Waals surface area contributed by atoms with E-state index in [1.165, 1.54) is 0 Å². The van der Waals surface area contributed by atoms with Crippen molar-refractivity contribution in [2.24, 2.45) is 5.92 Å². The molecule has 5 heteroatoms. The van der Waals surface area contributed by atoms with Crippen LogP contribution < -0.4 is 5.32 Å². The maximum Gasteiger partial charge on any atom is 0.230 e. The Hall–Kier alpha value is -1.10. The molecule has 2 fully saturated rings. The second kappa shape index (κ2) is 7.20. The summed E-state index contributed by atoms with van der Waals surface area (Å²) in [6.45, 7) is 1.72. The highest BCUT2D eigenvalue weighted by Gasteiger charge is 2.42. The number of benzene rings is 1. The lowest BCUT2D eigenvalue weighted by atomic mass is 9.73. The van der Waals surface area contributed by atoms with E-state index in [0.717, 1.165) is 24.8 Å². The number of carbonyl (C=O) groups excluding carboxylic acids is 1. The zero-order valence-corrected chi connectivity index (χ0v) is 14.0. The molecule has 1 saturated heterocycles. The van der Waals surface area contributed by atoms with Gasteiger partial charge in [0, 0.05) is 30.7 Å². The lowest BCUT2D eigenvalue weighted by molar-refractivity contribution is -0.130. The zero-order valence-electron chi connectivity index (χ0n) is 13.3. The predicted octanol–water partition coefficient (Wildman–Crippen LogP) is 2.67. The number of ether oxygens (including phenoxy) is 1. The molecule has 1 aromatic carbocycles. The van der Waals surface area contributed by atoms with Gasteiger partial charge in [-0.15, -0.1) is 0 Å². The molecule has 126 valence electrons. The van der Waals surface area contributed by atoms with Crippen molar-refractivity contribution >= 4 is 17.5 Å². The van der Waals surface area contributed by atoms with Gasteiger partial charge in [-0.1, -0.05) is 30.2 Å². The van der Waals surface area contributed by atoms with Crippen molar-refractivity contribution in [3.8, 4) is 0 Å². The largest absolute Gasteiger partial charge is 0.393 e. The molecule has 1 aliphatic heterocycles. The Kier molecular flexibility index (Phi) is 5.24. The first kappa shape index (κ1) is 16.7. The highest BCUT2D eigenvalue weighted by atomic mass is 35.5. The minimum absolute atomic E-state index is 0.0437. The Balaban J connectivity index is 1.75. The maximum atomic E-state index is 13.0. The first-order valence-corrected chi connectivity index (χ1v) is 8.80. The summed E-state index contributed by atoms with van der Waals surface area (Å²) in [6, 6.07) is 7.56. The summed E-state index contributed by atoms with van der Waals surface area (Å²) in [5.74, 6) is 0.225. The molecule has 23 heavy (non-hydrogen) atoms. The quantitative estimate of drug-likeness (QED) is 0.888. The van der Waals surface area contributed by atoms with Crippen molar-refractivity contribution in [1.29, 1.82) is 0 Å². The molecule has 1 aliphatic carbocycles. The molecule has 1 amide bonds. The molecular formula is C18H24ClNO3. The van der Waals surface area contributed by atoms with Crippen molar-refractivity contribution in [2.45, 2.75) is 43.6 Å². The molecule has 1 aromatic rings. The van der Waals surface area contributed by atoms with Gasteiger partial charge in [0.1, 0.15) is 0 Å². The lowest BCUT2D eigenvalue weighted by Gasteiger charge is -2.36. The van der Waals surface area contributed by atoms with Crippen molar-refractivity contribution in [2.75, 3.05) is 19.8 Å². The molecule has 0 aromatic heterocycles. The number of aliphatic hydroxyl groups excluding tert-OH is 1. The molecule has 0 radical (unpaired) electrons. The van der Waals surface area contributed by atoms with E-state index in [1.807, 2.05) is 24.3 Å². The van der Waals surface area contributed by atoms with Crippen LogP contribution in [0, 0.1) is 5.92 Å². The van der Waals surface area contributed by atoms with Crippen LogP contribution in [-0.4, -0.2) is 36.9 Å². The van der Waals surface area contributed by atoms with E-state index in [9.17, 15) is 9.90 Å². The van der Waals surface area contributed by atoms with E-state index in [1.54, 1.807) is 0 Å². The lowest BCUT2D eigenvalue weighted by Crippen LogP contribution is -2.49. The topological polar surface area (TPSA) is 58.6 Å². The Morgan fingerprint density at radius 3 is 2.57 bits per heavy atom. The van der Waals surface area contributed by atoms with Gasteiger partial charge in [0.25, 0.3) is 0 Å². The van der Waals surface area contributed by atoms with Gasteiger partial charge >= 0.3 is 0 Å². The first-order chi connectivity index (χ1) is 11.1. The maximum absolute atomic E-state index is 13.0. The summed E-state index contributed by atoms with van der Waals surface area (Å²) < 4.78 is 5.47.